The highest BCUT2D eigenvalue weighted by atomic mass is 32.2. The van der Waals surface area contributed by atoms with Crippen LogP contribution in [0.25, 0.3) is 0 Å². The summed E-state index contributed by atoms with van der Waals surface area (Å²) in [7, 11) is -3.44. The quantitative estimate of drug-likeness (QED) is 0.882. The minimum atomic E-state index is -3.44. The van der Waals surface area contributed by atoms with Crippen molar-refractivity contribution in [3.05, 3.63) is 17.0 Å². The lowest BCUT2D eigenvalue weighted by Gasteiger charge is -2.35. The molecular formula is C12H20N2O3S2. The summed E-state index contributed by atoms with van der Waals surface area (Å²) in [5.74, 6) is 0. The van der Waals surface area contributed by atoms with E-state index in [1.807, 2.05) is 13.8 Å². The Morgan fingerprint density at radius 3 is 2.84 bits per heavy atom. The molecule has 0 aromatic carbocycles. The summed E-state index contributed by atoms with van der Waals surface area (Å²) in [5, 5.41) is 0. The molecule has 1 atom stereocenters. The van der Waals surface area contributed by atoms with Gasteiger partial charge in [0.25, 0.3) is 0 Å². The molecule has 0 radical (unpaired) electrons. The Morgan fingerprint density at radius 1 is 1.53 bits per heavy atom. The van der Waals surface area contributed by atoms with E-state index in [4.69, 9.17) is 10.5 Å². The van der Waals surface area contributed by atoms with E-state index >= 15 is 0 Å². The molecule has 1 aliphatic rings. The summed E-state index contributed by atoms with van der Waals surface area (Å²) in [6, 6.07) is 3.30. The zero-order valence-electron chi connectivity index (χ0n) is 11.2. The van der Waals surface area contributed by atoms with Crippen LogP contribution in [0.1, 0.15) is 31.6 Å². The maximum Gasteiger partial charge on any atom is 0.250 e. The molecule has 1 fully saturated rings. The Hall–Kier alpha value is -0.470. The van der Waals surface area contributed by atoms with Crippen LogP contribution in [0.2, 0.25) is 0 Å². The predicted molar refractivity (Wildman–Crippen MR) is 75.6 cm³/mol. The number of hydrogen-bond donors (Lipinski definition) is 2. The summed E-state index contributed by atoms with van der Waals surface area (Å²) in [4.78, 5) is 0.868. The van der Waals surface area contributed by atoms with E-state index in [9.17, 15) is 8.42 Å². The molecular weight excluding hydrogens is 284 g/mol. The number of rotatable bonds is 4. The van der Waals surface area contributed by atoms with Gasteiger partial charge in [-0.1, -0.05) is 0 Å². The molecule has 2 heterocycles. The lowest BCUT2D eigenvalue weighted by Crippen LogP contribution is -2.45. The first-order chi connectivity index (χ1) is 8.82. The largest absolute Gasteiger partial charge is 0.375 e. The lowest BCUT2D eigenvalue weighted by atomic mass is 9.95. The average molecular weight is 304 g/mol. The van der Waals surface area contributed by atoms with Crippen molar-refractivity contribution >= 4 is 21.4 Å². The van der Waals surface area contributed by atoms with Crippen molar-refractivity contribution in [2.24, 2.45) is 5.73 Å². The molecule has 1 aliphatic heterocycles. The van der Waals surface area contributed by atoms with E-state index in [0.717, 1.165) is 4.88 Å². The van der Waals surface area contributed by atoms with Gasteiger partial charge in [-0.15, -0.1) is 11.3 Å². The molecule has 0 spiro atoms. The first kappa shape index (κ1) is 14.9. The van der Waals surface area contributed by atoms with Crippen molar-refractivity contribution in [1.82, 2.24) is 4.72 Å². The van der Waals surface area contributed by atoms with Crippen molar-refractivity contribution in [3.63, 3.8) is 0 Å². The molecule has 0 bridgehead atoms. The van der Waals surface area contributed by atoms with E-state index in [1.165, 1.54) is 11.3 Å². The number of sulfonamides is 1. The molecule has 3 N–H and O–H groups in total. The number of nitrogens with two attached hydrogens (primary N) is 1. The van der Waals surface area contributed by atoms with Gasteiger partial charge in [0.1, 0.15) is 4.21 Å². The summed E-state index contributed by atoms with van der Waals surface area (Å²) >= 11 is 1.22. The Balaban J connectivity index is 2.09. The van der Waals surface area contributed by atoms with Gasteiger partial charge in [-0.3, -0.25) is 0 Å². The summed E-state index contributed by atoms with van der Waals surface area (Å²) in [5.41, 5.74) is 5.23. The summed E-state index contributed by atoms with van der Waals surface area (Å²) in [6.45, 7) is 4.90. The molecule has 108 valence electrons. The van der Waals surface area contributed by atoms with Gasteiger partial charge < -0.3 is 10.5 Å². The summed E-state index contributed by atoms with van der Waals surface area (Å²) < 4.78 is 33.2. The van der Waals surface area contributed by atoms with Crippen LogP contribution in [0.15, 0.2) is 16.3 Å². The summed E-state index contributed by atoms with van der Waals surface area (Å²) in [6.07, 6.45) is 1.39. The van der Waals surface area contributed by atoms with E-state index < -0.39 is 10.0 Å². The molecule has 1 saturated heterocycles. The van der Waals surface area contributed by atoms with Gasteiger partial charge in [0.2, 0.25) is 10.0 Å². The molecule has 1 aromatic heterocycles. The molecule has 0 saturated carbocycles. The Morgan fingerprint density at radius 2 is 2.26 bits per heavy atom. The Kier molecular flexibility index (Phi) is 4.32. The molecule has 1 aromatic rings. The molecule has 2 rings (SSSR count). The monoisotopic (exact) mass is 304 g/mol. The third kappa shape index (κ3) is 3.76. The third-order valence-corrected chi connectivity index (χ3v) is 6.24. The fraction of sp³-hybridized carbons (Fsp3) is 0.667. The van der Waals surface area contributed by atoms with Crippen molar-refractivity contribution in [2.45, 2.75) is 49.1 Å². The van der Waals surface area contributed by atoms with E-state index in [1.54, 1.807) is 12.1 Å². The fourth-order valence-corrected chi connectivity index (χ4v) is 4.74. The second-order valence-corrected chi connectivity index (χ2v) is 8.45. The van der Waals surface area contributed by atoms with Crippen LogP contribution in [-0.4, -0.2) is 26.7 Å². The third-order valence-electron chi connectivity index (χ3n) is 3.12. The van der Waals surface area contributed by atoms with Crippen molar-refractivity contribution in [2.75, 3.05) is 6.61 Å². The van der Waals surface area contributed by atoms with Crippen LogP contribution in [0.5, 0.6) is 0 Å². The van der Waals surface area contributed by atoms with Crippen molar-refractivity contribution in [1.29, 1.82) is 0 Å². The highest BCUT2D eigenvalue weighted by Crippen LogP contribution is 2.26. The number of thiophene rings is 1. The highest BCUT2D eigenvalue weighted by molar-refractivity contribution is 7.91. The molecule has 5 nitrogen and oxygen atoms in total. The Bertz CT molecular complexity index is 537. The first-order valence-electron chi connectivity index (χ1n) is 6.27. The van der Waals surface area contributed by atoms with Gasteiger partial charge in [0.05, 0.1) is 5.60 Å². The standard InChI is InChI=1S/C12H20N2O3S2/c1-12(2)7-9(5-6-17-12)14-19(15,16)11-4-3-10(8-13)18-11/h3-4,9,14H,5-8,13H2,1-2H3. The van der Waals surface area contributed by atoms with Crippen LogP contribution in [0.4, 0.5) is 0 Å². The molecule has 1 unspecified atom stereocenters. The maximum absolute atomic E-state index is 12.3. The maximum atomic E-state index is 12.3. The minimum Gasteiger partial charge on any atom is -0.375 e. The molecule has 7 heteroatoms. The van der Waals surface area contributed by atoms with Gasteiger partial charge in [-0.25, -0.2) is 13.1 Å². The topological polar surface area (TPSA) is 81.4 Å². The van der Waals surface area contributed by atoms with E-state index in [0.29, 0.717) is 30.2 Å². The van der Waals surface area contributed by atoms with Crippen LogP contribution in [0.3, 0.4) is 0 Å². The van der Waals surface area contributed by atoms with Crippen molar-refractivity contribution in [3.8, 4) is 0 Å². The number of ether oxygens (including phenoxy) is 1. The van der Waals surface area contributed by atoms with E-state index in [-0.39, 0.29) is 11.6 Å². The average Bonchev–Trinajstić information content (AvgIpc) is 2.76. The normalized spacial score (nSPS) is 23.4. The lowest BCUT2D eigenvalue weighted by molar-refractivity contribution is -0.0599. The van der Waals surface area contributed by atoms with E-state index in [2.05, 4.69) is 4.72 Å². The van der Waals surface area contributed by atoms with Crippen LogP contribution in [0, 0.1) is 0 Å². The smallest absolute Gasteiger partial charge is 0.250 e. The van der Waals surface area contributed by atoms with Crippen molar-refractivity contribution < 1.29 is 13.2 Å². The molecule has 19 heavy (non-hydrogen) atoms. The number of nitrogens with one attached hydrogen (secondary N) is 1. The zero-order chi connectivity index (χ0) is 14.1. The minimum absolute atomic E-state index is 0.0721. The fourth-order valence-electron chi connectivity index (χ4n) is 2.22. The second kappa shape index (κ2) is 5.49. The second-order valence-electron chi connectivity index (χ2n) is 5.34. The van der Waals surface area contributed by atoms with Crippen LogP contribution < -0.4 is 10.5 Å². The SMILES string of the molecule is CC1(C)CC(NS(=O)(=O)c2ccc(CN)s2)CCO1. The molecule has 0 aliphatic carbocycles. The Labute approximate surface area is 118 Å². The van der Waals surface area contributed by atoms with Crippen LogP contribution in [-0.2, 0) is 21.3 Å². The van der Waals surface area contributed by atoms with Gasteiger partial charge in [0.15, 0.2) is 0 Å². The zero-order valence-corrected chi connectivity index (χ0v) is 12.8. The van der Waals surface area contributed by atoms with Gasteiger partial charge in [0, 0.05) is 24.1 Å². The first-order valence-corrected chi connectivity index (χ1v) is 8.57. The van der Waals surface area contributed by atoms with Gasteiger partial charge in [-0.2, -0.15) is 0 Å². The predicted octanol–water partition coefficient (Wildman–Crippen LogP) is 1.44. The van der Waals surface area contributed by atoms with Crippen LogP contribution >= 0.6 is 11.3 Å². The van der Waals surface area contributed by atoms with Gasteiger partial charge >= 0.3 is 0 Å². The van der Waals surface area contributed by atoms with Gasteiger partial charge in [-0.05, 0) is 38.8 Å². The highest BCUT2D eigenvalue weighted by Gasteiger charge is 2.32. The number of hydrogen-bond acceptors (Lipinski definition) is 5. The molecule has 0 amide bonds.